The van der Waals surface area contributed by atoms with Crippen molar-refractivity contribution >= 4 is 17.5 Å². The molecule has 0 aromatic carbocycles. The number of alkyl halides is 3. The Morgan fingerprint density at radius 2 is 1.88 bits per heavy atom. The summed E-state index contributed by atoms with van der Waals surface area (Å²) in [6.07, 6.45) is -1.43. The number of hydrogen-bond donors (Lipinski definition) is 1. The van der Waals surface area contributed by atoms with Crippen LogP contribution in [0.3, 0.4) is 0 Å². The zero-order valence-corrected chi connectivity index (χ0v) is 15.0. The predicted molar refractivity (Wildman–Crippen MR) is 87.6 cm³/mol. The van der Waals surface area contributed by atoms with Gasteiger partial charge in [0.05, 0.1) is 10.7 Å². The molecule has 0 radical (unpaired) electrons. The molecule has 0 unspecified atom stereocenters. The normalized spacial score (nSPS) is 21.4. The van der Waals surface area contributed by atoms with Gasteiger partial charge >= 0.3 is 6.18 Å². The van der Waals surface area contributed by atoms with Crippen LogP contribution in [-0.4, -0.2) is 46.8 Å². The zero-order chi connectivity index (χ0) is 18.4. The van der Waals surface area contributed by atoms with Crippen LogP contribution in [0.2, 0.25) is 5.02 Å². The van der Waals surface area contributed by atoms with E-state index < -0.39 is 17.9 Å². The molecule has 1 N–H and O–H groups in total. The van der Waals surface area contributed by atoms with E-state index in [9.17, 15) is 18.0 Å². The monoisotopic (exact) mass is 378 g/mol. The van der Waals surface area contributed by atoms with E-state index in [4.69, 9.17) is 11.6 Å². The molecule has 1 amide bonds. The second-order valence-corrected chi connectivity index (χ2v) is 7.40. The summed E-state index contributed by atoms with van der Waals surface area (Å²) >= 11 is 5.97. The molecule has 5 nitrogen and oxygen atoms in total. The molecule has 0 bridgehead atoms. The SMILES string of the molecule is C[C@H](C(=O)NC1CCN(C)CC1)n1nc(C(F)(F)F)c(Cl)c1C1CC1. The maximum absolute atomic E-state index is 13.1. The van der Waals surface area contributed by atoms with Gasteiger partial charge in [0.1, 0.15) is 6.04 Å². The molecule has 140 valence electrons. The van der Waals surface area contributed by atoms with Gasteiger partial charge in [0.25, 0.3) is 0 Å². The average molecular weight is 379 g/mol. The Morgan fingerprint density at radius 3 is 2.40 bits per heavy atom. The van der Waals surface area contributed by atoms with E-state index >= 15 is 0 Å². The molecule has 2 fully saturated rings. The minimum Gasteiger partial charge on any atom is -0.351 e. The molecule has 2 heterocycles. The van der Waals surface area contributed by atoms with E-state index in [-0.39, 0.29) is 22.9 Å². The molecular formula is C16H22ClF3N4O. The number of aromatic nitrogens is 2. The Bertz CT molecular complexity index is 649. The number of nitrogens with zero attached hydrogens (tertiary/aromatic N) is 3. The third kappa shape index (κ3) is 3.95. The number of hydrogen-bond acceptors (Lipinski definition) is 3. The van der Waals surface area contributed by atoms with Crippen LogP contribution >= 0.6 is 11.6 Å². The van der Waals surface area contributed by atoms with Gasteiger partial charge in [-0.2, -0.15) is 18.3 Å². The molecule has 1 aromatic heterocycles. The van der Waals surface area contributed by atoms with Gasteiger partial charge in [-0.1, -0.05) is 11.6 Å². The quantitative estimate of drug-likeness (QED) is 0.875. The van der Waals surface area contributed by atoms with Crippen molar-refractivity contribution in [3.05, 3.63) is 16.4 Å². The highest BCUT2D eigenvalue weighted by atomic mass is 35.5. The van der Waals surface area contributed by atoms with E-state index in [1.807, 2.05) is 7.05 Å². The number of rotatable bonds is 4. The van der Waals surface area contributed by atoms with Crippen molar-refractivity contribution < 1.29 is 18.0 Å². The van der Waals surface area contributed by atoms with Crippen molar-refractivity contribution in [1.82, 2.24) is 20.0 Å². The highest BCUT2D eigenvalue weighted by Gasteiger charge is 2.43. The Morgan fingerprint density at radius 1 is 1.28 bits per heavy atom. The molecule has 2 aliphatic rings. The molecule has 1 saturated carbocycles. The molecule has 1 atom stereocenters. The van der Waals surface area contributed by atoms with Crippen LogP contribution in [0.5, 0.6) is 0 Å². The lowest BCUT2D eigenvalue weighted by Gasteiger charge is -2.30. The van der Waals surface area contributed by atoms with Crippen LogP contribution in [0, 0.1) is 0 Å². The first-order chi connectivity index (χ1) is 11.7. The first-order valence-electron chi connectivity index (χ1n) is 8.52. The lowest BCUT2D eigenvalue weighted by atomic mass is 10.1. The Kier molecular flexibility index (Phi) is 5.03. The van der Waals surface area contributed by atoms with Gasteiger partial charge in [0, 0.05) is 12.0 Å². The minimum absolute atomic E-state index is 0.0450. The summed E-state index contributed by atoms with van der Waals surface area (Å²) in [5.74, 6) is -0.362. The Labute approximate surface area is 149 Å². The van der Waals surface area contributed by atoms with Crippen molar-refractivity contribution in [2.24, 2.45) is 0 Å². The third-order valence-corrected chi connectivity index (χ3v) is 5.30. The molecule has 25 heavy (non-hydrogen) atoms. The topological polar surface area (TPSA) is 50.2 Å². The van der Waals surface area contributed by atoms with E-state index in [1.165, 1.54) is 4.68 Å². The second kappa shape index (κ2) is 6.79. The maximum Gasteiger partial charge on any atom is 0.436 e. The van der Waals surface area contributed by atoms with Crippen LogP contribution in [0.1, 0.15) is 56.0 Å². The number of carbonyl (C=O) groups is 1. The summed E-state index contributed by atoms with van der Waals surface area (Å²) in [5.41, 5.74) is -0.768. The molecule has 3 rings (SSSR count). The van der Waals surface area contributed by atoms with Gasteiger partial charge in [-0.3, -0.25) is 9.48 Å². The van der Waals surface area contributed by atoms with Crippen molar-refractivity contribution in [3.63, 3.8) is 0 Å². The number of likely N-dealkylation sites (tertiary alicyclic amines) is 1. The van der Waals surface area contributed by atoms with E-state index in [0.717, 1.165) is 38.8 Å². The number of piperidine rings is 1. The summed E-state index contributed by atoms with van der Waals surface area (Å²) in [7, 11) is 2.02. The summed E-state index contributed by atoms with van der Waals surface area (Å²) in [6, 6.07) is -0.785. The van der Waals surface area contributed by atoms with Gasteiger partial charge in [0.2, 0.25) is 5.91 Å². The zero-order valence-electron chi connectivity index (χ0n) is 14.2. The minimum atomic E-state index is -4.63. The lowest BCUT2D eigenvalue weighted by molar-refractivity contribution is -0.141. The van der Waals surface area contributed by atoms with E-state index in [1.54, 1.807) is 6.92 Å². The second-order valence-electron chi connectivity index (χ2n) is 7.03. The van der Waals surface area contributed by atoms with E-state index in [2.05, 4.69) is 15.3 Å². The van der Waals surface area contributed by atoms with Crippen molar-refractivity contribution in [1.29, 1.82) is 0 Å². The lowest BCUT2D eigenvalue weighted by Crippen LogP contribution is -2.45. The fourth-order valence-corrected chi connectivity index (χ4v) is 3.60. The molecule has 0 spiro atoms. The van der Waals surface area contributed by atoms with Gasteiger partial charge in [0.15, 0.2) is 5.69 Å². The third-order valence-electron chi connectivity index (χ3n) is 4.93. The predicted octanol–water partition coefficient (Wildman–Crippen LogP) is 3.20. The first kappa shape index (κ1) is 18.5. The number of amides is 1. The smallest absolute Gasteiger partial charge is 0.351 e. The fourth-order valence-electron chi connectivity index (χ4n) is 3.21. The molecular weight excluding hydrogens is 357 g/mol. The number of halogens is 4. The standard InChI is InChI=1S/C16H22ClF3N4O/c1-9(15(25)21-11-5-7-23(2)8-6-11)24-13(10-3-4-10)12(17)14(22-24)16(18,19)20/h9-11H,3-8H2,1-2H3,(H,21,25)/t9-/m1/s1. The van der Waals surface area contributed by atoms with Crippen molar-refractivity contribution in [2.75, 3.05) is 20.1 Å². The van der Waals surface area contributed by atoms with Gasteiger partial charge < -0.3 is 10.2 Å². The first-order valence-corrected chi connectivity index (χ1v) is 8.90. The molecule has 9 heteroatoms. The largest absolute Gasteiger partial charge is 0.436 e. The number of carbonyl (C=O) groups excluding carboxylic acids is 1. The summed E-state index contributed by atoms with van der Waals surface area (Å²) in [4.78, 5) is 14.7. The highest BCUT2D eigenvalue weighted by molar-refractivity contribution is 6.32. The summed E-state index contributed by atoms with van der Waals surface area (Å²) in [5, 5.41) is 6.23. The maximum atomic E-state index is 13.1. The molecule has 1 saturated heterocycles. The van der Waals surface area contributed by atoms with Gasteiger partial charge in [-0.05, 0) is 52.7 Å². The molecule has 1 aliphatic heterocycles. The molecule has 1 aromatic rings. The van der Waals surface area contributed by atoms with Gasteiger partial charge in [-0.25, -0.2) is 0 Å². The summed E-state index contributed by atoms with van der Waals surface area (Å²) in [6.45, 7) is 3.34. The van der Waals surface area contributed by atoms with Crippen LogP contribution in [0.15, 0.2) is 0 Å². The van der Waals surface area contributed by atoms with Crippen molar-refractivity contribution in [3.8, 4) is 0 Å². The average Bonchev–Trinajstić information content (AvgIpc) is 3.30. The highest BCUT2D eigenvalue weighted by Crippen LogP contribution is 2.47. The fraction of sp³-hybridized carbons (Fsp3) is 0.750. The Hall–Kier alpha value is -1.28. The van der Waals surface area contributed by atoms with E-state index in [0.29, 0.717) is 5.69 Å². The van der Waals surface area contributed by atoms with Gasteiger partial charge in [-0.15, -0.1) is 0 Å². The summed E-state index contributed by atoms with van der Waals surface area (Å²) < 4.78 is 40.6. The molecule has 1 aliphatic carbocycles. The van der Waals surface area contributed by atoms with Crippen LogP contribution < -0.4 is 5.32 Å². The number of nitrogens with one attached hydrogen (secondary N) is 1. The van der Waals surface area contributed by atoms with Crippen LogP contribution in [0.25, 0.3) is 0 Å². The van der Waals surface area contributed by atoms with Crippen LogP contribution in [-0.2, 0) is 11.0 Å². The Balaban J connectivity index is 1.79. The van der Waals surface area contributed by atoms with Crippen molar-refractivity contribution in [2.45, 2.75) is 56.8 Å². The van der Waals surface area contributed by atoms with Crippen LogP contribution in [0.4, 0.5) is 13.2 Å².